The minimum Gasteiger partial charge on any atom is -0.339 e. The van der Waals surface area contributed by atoms with Crippen molar-refractivity contribution < 1.29 is 22.8 Å². The zero-order valence-corrected chi connectivity index (χ0v) is 18.1. The van der Waals surface area contributed by atoms with Gasteiger partial charge in [0.1, 0.15) is 0 Å². The van der Waals surface area contributed by atoms with Crippen molar-refractivity contribution >= 4 is 23.4 Å². The van der Waals surface area contributed by atoms with Gasteiger partial charge in [-0.25, -0.2) is 0 Å². The minimum atomic E-state index is -4.44. The molecule has 2 aromatic rings. The maximum atomic E-state index is 12.9. The molecule has 0 bridgehead atoms. The number of piperidine rings is 1. The van der Waals surface area contributed by atoms with Gasteiger partial charge in [0.25, 0.3) is 5.91 Å². The van der Waals surface area contributed by atoms with Crippen LogP contribution in [-0.4, -0.2) is 41.8 Å². The molecule has 0 radical (unpaired) electrons. The number of amides is 2. The van der Waals surface area contributed by atoms with E-state index < -0.39 is 11.7 Å². The molecule has 1 atom stereocenters. The van der Waals surface area contributed by atoms with Gasteiger partial charge in [-0.2, -0.15) is 13.2 Å². The molecule has 0 aliphatic carbocycles. The van der Waals surface area contributed by atoms with Crippen molar-refractivity contribution in [2.45, 2.75) is 32.0 Å². The van der Waals surface area contributed by atoms with Gasteiger partial charge < -0.3 is 9.80 Å². The van der Waals surface area contributed by atoms with Crippen LogP contribution in [0.4, 0.5) is 13.2 Å². The molecule has 2 aromatic carbocycles. The van der Waals surface area contributed by atoms with E-state index in [0.29, 0.717) is 31.0 Å². The maximum Gasteiger partial charge on any atom is 0.416 e. The molecule has 0 spiro atoms. The summed E-state index contributed by atoms with van der Waals surface area (Å²) in [6, 6.07) is 11.5. The number of benzene rings is 2. The molecule has 2 amide bonds. The van der Waals surface area contributed by atoms with Gasteiger partial charge >= 0.3 is 6.18 Å². The Morgan fingerprint density at radius 1 is 1.03 bits per heavy atom. The summed E-state index contributed by atoms with van der Waals surface area (Å²) in [6.45, 7) is 2.73. The third-order valence-electron chi connectivity index (χ3n) is 5.87. The molecule has 0 saturated carbocycles. The second-order valence-corrected chi connectivity index (χ2v) is 8.25. The average molecular weight is 453 g/mol. The molecule has 1 fully saturated rings. The first-order valence-corrected chi connectivity index (χ1v) is 10.4. The fourth-order valence-corrected chi connectivity index (χ4v) is 3.88. The zero-order chi connectivity index (χ0) is 22.8. The van der Waals surface area contributed by atoms with Gasteiger partial charge in [-0.05, 0) is 61.7 Å². The smallest absolute Gasteiger partial charge is 0.339 e. The molecule has 166 valence electrons. The third kappa shape index (κ3) is 5.39. The Balaban J connectivity index is 1.57. The van der Waals surface area contributed by atoms with Crippen molar-refractivity contribution in [2.75, 3.05) is 20.1 Å². The van der Waals surface area contributed by atoms with Crippen LogP contribution in [0.1, 0.15) is 47.3 Å². The van der Waals surface area contributed by atoms with Crippen molar-refractivity contribution in [1.29, 1.82) is 0 Å². The third-order valence-corrected chi connectivity index (χ3v) is 6.12. The molecule has 0 N–H and O–H groups in total. The molecule has 31 heavy (non-hydrogen) atoms. The molecule has 8 heteroatoms. The standard InChI is InChI=1S/C23H24ClF3N2O2/c1-15(16-5-9-20(24)10-6-16)28(2)21(30)18-11-13-29(14-12-18)22(31)17-3-7-19(8-4-17)23(25,26)27/h3-10,15,18H,11-14H2,1-2H3. The number of halogens is 4. The first-order valence-electron chi connectivity index (χ1n) is 10.1. The van der Waals surface area contributed by atoms with E-state index in [-0.39, 0.29) is 29.3 Å². The Morgan fingerprint density at radius 3 is 2.10 bits per heavy atom. The molecular formula is C23H24ClF3N2O2. The van der Waals surface area contributed by atoms with Crippen LogP contribution in [0, 0.1) is 5.92 Å². The predicted molar refractivity (Wildman–Crippen MR) is 113 cm³/mol. The number of carbonyl (C=O) groups is 2. The number of nitrogens with zero attached hydrogens (tertiary/aromatic N) is 2. The lowest BCUT2D eigenvalue weighted by Crippen LogP contribution is -2.44. The summed E-state index contributed by atoms with van der Waals surface area (Å²) < 4.78 is 38.1. The predicted octanol–water partition coefficient (Wildman–Crippen LogP) is 5.43. The molecule has 1 aliphatic rings. The molecule has 1 aliphatic heterocycles. The highest BCUT2D eigenvalue weighted by Gasteiger charge is 2.32. The summed E-state index contributed by atoms with van der Waals surface area (Å²) in [6.07, 6.45) is -3.40. The molecule has 0 aromatic heterocycles. The lowest BCUT2D eigenvalue weighted by Gasteiger charge is -2.35. The highest BCUT2D eigenvalue weighted by Crippen LogP contribution is 2.30. The molecule has 1 saturated heterocycles. The van der Waals surface area contributed by atoms with Crippen LogP contribution in [0.25, 0.3) is 0 Å². The highest BCUT2D eigenvalue weighted by molar-refractivity contribution is 6.30. The fraction of sp³-hybridized carbons (Fsp3) is 0.391. The van der Waals surface area contributed by atoms with E-state index in [1.807, 2.05) is 19.1 Å². The molecule has 4 nitrogen and oxygen atoms in total. The lowest BCUT2D eigenvalue weighted by molar-refractivity contribution is -0.138. The number of rotatable bonds is 4. The topological polar surface area (TPSA) is 40.6 Å². The van der Waals surface area contributed by atoms with E-state index in [9.17, 15) is 22.8 Å². The zero-order valence-electron chi connectivity index (χ0n) is 17.3. The van der Waals surface area contributed by atoms with Crippen molar-refractivity contribution in [3.63, 3.8) is 0 Å². The van der Waals surface area contributed by atoms with Crippen LogP contribution in [0.2, 0.25) is 5.02 Å². The Labute approximate surface area is 184 Å². The van der Waals surface area contributed by atoms with E-state index in [1.165, 1.54) is 12.1 Å². The second-order valence-electron chi connectivity index (χ2n) is 7.82. The van der Waals surface area contributed by atoms with Crippen LogP contribution >= 0.6 is 11.6 Å². The largest absolute Gasteiger partial charge is 0.416 e. The summed E-state index contributed by atoms with van der Waals surface area (Å²) in [7, 11) is 1.77. The van der Waals surface area contributed by atoms with Gasteiger partial charge in [0.05, 0.1) is 11.6 Å². The Kier molecular flexibility index (Phi) is 6.94. The summed E-state index contributed by atoms with van der Waals surface area (Å²) >= 11 is 5.93. The number of alkyl halides is 3. The summed E-state index contributed by atoms with van der Waals surface area (Å²) in [5, 5.41) is 0.634. The first-order chi connectivity index (χ1) is 14.6. The van der Waals surface area contributed by atoms with E-state index in [0.717, 1.165) is 17.7 Å². The SMILES string of the molecule is CC(c1ccc(Cl)cc1)N(C)C(=O)C1CCN(C(=O)c2ccc(C(F)(F)F)cc2)CC1. The first kappa shape index (κ1) is 23.1. The number of carbonyl (C=O) groups excluding carboxylic acids is 2. The number of hydrogen-bond acceptors (Lipinski definition) is 2. The van der Waals surface area contributed by atoms with Crippen LogP contribution < -0.4 is 0 Å². The Bertz CT molecular complexity index is 921. The van der Waals surface area contributed by atoms with Crippen LogP contribution in [-0.2, 0) is 11.0 Å². The van der Waals surface area contributed by atoms with E-state index in [4.69, 9.17) is 11.6 Å². The van der Waals surface area contributed by atoms with Gasteiger partial charge in [-0.15, -0.1) is 0 Å². The van der Waals surface area contributed by atoms with E-state index >= 15 is 0 Å². The monoisotopic (exact) mass is 452 g/mol. The summed E-state index contributed by atoms with van der Waals surface area (Å²) in [5.41, 5.74) is 0.410. The Morgan fingerprint density at radius 2 is 1.58 bits per heavy atom. The average Bonchev–Trinajstić information content (AvgIpc) is 2.77. The minimum absolute atomic E-state index is 0.0177. The van der Waals surface area contributed by atoms with Crippen LogP contribution in [0.15, 0.2) is 48.5 Å². The second kappa shape index (κ2) is 9.30. The van der Waals surface area contributed by atoms with Crippen LogP contribution in [0.5, 0.6) is 0 Å². The van der Waals surface area contributed by atoms with E-state index in [1.54, 1.807) is 29.0 Å². The van der Waals surface area contributed by atoms with Gasteiger partial charge in [0.15, 0.2) is 0 Å². The quantitative estimate of drug-likeness (QED) is 0.620. The highest BCUT2D eigenvalue weighted by atomic mass is 35.5. The van der Waals surface area contributed by atoms with Gasteiger partial charge in [0.2, 0.25) is 5.91 Å². The van der Waals surface area contributed by atoms with Crippen LogP contribution in [0.3, 0.4) is 0 Å². The van der Waals surface area contributed by atoms with Crippen molar-refractivity contribution in [3.8, 4) is 0 Å². The lowest BCUT2D eigenvalue weighted by atomic mass is 9.93. The normalized spacial score (nSPS) is 16.1. The van der Waals surface area contributed by atoms with Crippen molar-refractivity contribution in [2.24, 2.45) is 5.92 Å². The van der Waals surface area contributed by atoms with E-state index in [2.05, 4.69) is 0 Å². The molecular weight excluding hydrogens is 429 g/mol. The summed E-state index contributed by atoms with van der Waals surface area (Å²) in [4.78, 5) is 28.9. The van der Waals surface area contributed by atoms with Crippen molar-refractivity contribution in [3.05, 3.63) is 70.2 Å². The molecule has 1 unspecified atom stereocenters. The fourth-order valence-electron chi connectivity index (χ4n) is 3.76. The molecule has 1 heterocycles. The van der Waals surface area contributed by atoms with Gasteiger partial charge in [0, 0.05) is 36.6 Å². The Hall–Kier alpha value is -2.54. The maximum absolute atomic E-state index is 12.9. The molecule has 3 rings (SSSR count). The van der Waals surface area contributed by atoms with Gasteiger partial charge in [-0.1, -0.05) is 23.7 Å². The van der Waals surface area contributed by atoms with Gasteiger partial charge in [-0.3, -0.25) is 9.59 Å². The number of hydrogen-bond donors (Lipinski definition) is 0. The summed E-state index contributed by atoms with van der Waals surface area (Å²) in [5.74, 6) is -0.497. The van der Waals surface area contributed by atoms with Crippen molar-refractivity contribution in [1.82, 2.24) is 9.80 Å². The number of likely N-dealkylation sites (tertiary alicyclic amines) is 1.